The molecule has 0 saturated carbocycles. The molecule has 102 valence electrons. The SMILES string of the molecule is O=C(O)/C=C/c1ccc(NC(=O)Nc2nncs2)cc1. The fourth-order valence-electron chi connectivity index (χ4n) is 1.33. The van der Waals surface area contributed by atoms with Crippen LogP contribution in [0.25, 0.3) is 6.08 Å². The molecule has 2 rings (SSSR count). The summed E-state index contributed by atoms with van der Waals surface area (Å²) < 4.78 is 0. The van der Waals surface area contributed by atoms with Crippen LogP contribution in [0.5, 0.6) is 0 Å². The smallest absolute Gasteiger partial charge is 0.328 e. The summed E-state index contributed by atoms with van der Waals surface area (Å²) in [6.07, 6.45) is 2.51. The molecular weight excluding hydrogens is 280 g/mol. The second-order valence-electron chi connectivity index (χ2n) is 3.62. The number of aliphatic carboxylic acids is 1. The quantitative estimate of drug-likeness (QED) is 0.749. The van der Waals surface area contributed by atoms with Crippen LogP contribution >= 0.6 is 11.3 Å². The van der Waals surface area contributed by atoms with E-state index in [1.165, 1.54) is 22.9 Å². The minimum atomic E-state index is -1.01. The number of nitrogens with zero attached hydrogens (tertiary/aromatic N) is 2. The van der Waals surface area contributed by atoms with E-state index in [1.54, 1.807) is 24.3 Å². The van der Waals surface area contributed by atoms with Crippen molar-refractivity contribution < 1.29 is 14.7 Å². The number of hydrogen-bond donors (Lipinski definition) is 3. The van der Waals surface area contributed by atoms with Gasteiger partial charge in [0.05, 0.1) is 0 Å². The summed E-state index contributed by atoms with van der Waals surface area (Å²) in [7, 11) is 0. The molecule has 1 aromatic carbocycles. The lowest BCUT2D eigenvalue weighted by molar-refractivity contribution is -0.131. The molecule has 0 spiro atoms. The molecule has 0 aliphatic heterocycles. The highest BCUT2D eigenvalue weighted by Gasteiger charge is 2.04. The summed E-state index contributed by atoms with van der Waals surface area (Å²) in [6, 6.07) is 6.30. The molecule has 1 aromatic heterocycles. The molecular formula is C12H10N4O3S. The number of urea groups is 1. The van der Waals surface area contributed by atoms with E-state index in [0.29, 0.717) is 10.8 Å². The third kappa shape index (κ3) is 4.18. The predicted molar refractivity (Wildman–Crippen MR) is 75.7 cm³/mol. The Balaban J connectivity index is 1.93. The Hall–Kier alpha value is -2.74. The molecule has 0 aliphatic rings. The van der Waals surface area contributed by atoms with Crippen molar-refractivity contribution in [3.63, 3.8) is 0 Å². The van der Waals surface area contributed by atoms with Crippen LogP contribution in [0.2, 0.25) is 0 Å². The summed E-state index contributed by atoms with van der Waals surface area (Å²) in [5.74, 6) is -1.01. The number of aromatic nitrogens is 2. The first kappa shape index (κ1) is 13.7. The van der Waals surface area contributed by atoms with E-state index in [9.17, 15) is 9.59 Å². The van der Waals surface area contributed by atoms with Gasteiger partial charge in [-0.2, -0.15) is 0 Å². The van der Waals surface area contributed by atoms with E-state index < -0.39 is 12.0 Å². The number of rotatable bonds is 4. The van der Waals surface area contributed by atoms with Gasteiger partial charge in [-0.1, -0.05) is 23.5 Å². The molecule has 20 heavy (non-hydrogen) atoms. The number of carboxylic acid groups (broad SMARTS) is 1. The molecule has 7 nitrogen and oxygen atoms in total. The van der Waals surface area contributed by atoms with Crippen LogP contribution in [-0.4, -0.2) is 27.3 Å². The Morgan fingerprint density at radius 2 is 1.95 bits per heavy atom. The molecule has 0 saturated heterocycles. The van der Waals surface area contributed by atoms with Crippen molar-refractivity contribution in [2.75, 3.05) is 10.6 Å². The van der Waals surface area contributed by atoms with E-state index in [2.05, 4.69) is 20.8 Å². The summed E-state index contributed by atoms with van der Waals surface area (Å²) in [4.78, 5) is 22.0. The monoisotopic (exact) mass is 290 g/mol. The Labute approximate surface area is 118 Å². The first-order valence-corrected chi connectivity index (χ1v) is 6.37. The van der Waals surface area contributed by atoms with Crippen LogP contribution < -0.4 is 10.6 Å². The van der Waals surface area contributed by atoms with E-state index in [1.807, 2.05) is 0 Å². The van der Waals surface area contributed by atoms with E-state index in [-0.39, 0.29) is 0 Å². The standard InChI is InChI=1S/C12H10N4O3S/c17-10(18)6-3-8-1-4-9(5-2-8)14-11(19)15-12-16-13-7-20-12/h1-7H,(H,17,18)(H2,14,15,16,19)/b6-3+. The third-order valence-corrected chi connectivity index (χ3v) is 2.77. The third-order valence-electron chi connectivity index (χ3n) is 2.17. The zero-order valence-corrected chi connectivity index (χ0v) is 10.9. The molecule has 0 aliphatic carbocycles. The van der Waals surface area contributed by atoms with Crippen molar-refractivity contribution in [2.45, 2.75) is 0 Å². The summed E-state index contributed by atoms with van der Waals surface area (Å²) >= 11 is 1.21. The second-order valence-corrected chi connectivity index (χ2v) is 4.45. The van der Waals surface area contributed by atoms with Crippen molar-refractivity contribution in [1.82, 2.24) is 10.2 Å². The number of carboxylic acids is 1. The van der Waals surface area contributed by atoms with Crippen LogP contribution in [0.3, 0.4) is 0 Å². The van der Waals surface area contributed by atoms with Gasteiger partial charge in [0.15, 0.2) is 0 Å². The minimum absolute atomic E-state index is 0.406. The van der Waals surface area contributed by atoms with Gasteiger partial charge in [-0.3, -0.25) is 5.32 Å². The maximum Gasteiger partial charge on any atom is 0.328 e. The molecule has 2 aromatic rings. The average Bonchev–Trinajstić information content (AvgIpc) is 2.90. The predicted octanol–water partition coefficient (Wildman–Crippen LogP) is 2.28. The highest BCUT2D eigenvalue weighted by molar-refractivity contribution is 7.13. The summed E-state index contributed by atoms with van der Waals surface area (Å²) in [5.41, 5.74) is 2.82. The normalized spacial score (nSPS) is 10.4. The van der Waals surface area contributed by atoms with Crippen molar-refractivity contribution in [3.05, 3.63) is 41.4 Å². The number of carbonyl (C=O) groups excluding carboxylic acids is 1. The van der Waals surface area contributed by atoms with Gasteiger partial charge in [-0.15, -0.1) is 10.2 Å². The number of amides is 2. The maximum atomic E-state index is 11.6. The van der Waals surface area contributed by atoms with Crippen LogP contribution in [0.15, 0.2) is 35.9 Å². The molecule has 0 unspecified atom stereocenters. The number of carbonyl (C=O) groups is 2. The Morgan fingerprint density at radius 1 is 1.20 bits per heavy atom. The van der Waals surface area contributed by atoms with Crippen molar-refractivity contribution in [2.24, 2.45) is 0 Å². The lowest BCUT2D eigenvalue weighted by Gasteiger charge is -2.05. The van der Waals surface area contributed by atoms with Crippen molar-refractivity contribution in [1.29, 1.82) is 0 Å². The first-order chi connectivity index (χ1) is 9.63. The van der Waals surface area contributed by atoms with E-state index in [4.69, 9.17) is 5.11 Å². The summed E-state index contributed by atoms with van der Waals surface area (Å²) in [5, 5.41) is 21.3. The highest BCUT2D eigenvalue weighted by Crippen LogP contribution is 2.12. The van der Waals surface area contributed by atoms with Crippen molar-refractivity contribution in [3.8, 4) is 0 Å². The highest BCUT2D eigenvalue weighted by atomic mass is 32.1. The Bertz CT molecular complexity index is 623. The number of nitrogens with one attached hydrogen (secondary N) is 2. The minimum Gasteiger partial charge on any atom is -0.478 e. The fourth-order valence-corrected chi connectivity index (χ4v) is 1.77. The molecule has 0 bridgehead atoms. The number of hydrogen-bond acceptors (Lipinski definition) is 5. The van der Waals surface area contributed by atoms with E-state index in [0.717, 1.165) is 11.6 Å². The van der Waals surface area contributed by atoms with Crippen LogP contribution in [0.1, 0.15) is 5.56 Å². The van der Waals surface area contributed by atoms with Crippen LogP contribution in [0.4, 0.5) is 15.6 Å². The largest absolute Gasteiger partial charge is 0.478 e. The molecule has 3 N–H and O–H groups in total. The molecule has 0 radical (unpaired) electrons. The molecule has 0 fully saturated rings. The van der Waals surface area contributed by atoms with Gasteiger partial charge in [0, 0.05) is 11.8 Å². The van der Waals surface area contributed by atoms with Crippen molar-refractivity contribution >= 4 is 40.2 Å². The first-order valence-electron chi connectivity index (χ1n) is 5.49. The molecule has 8 heteroatoms. The average molecular weight is 290 g/mol. The van der Waals surface area contributed by atoms with E-state index >= 15 is 0 Å². The lowest BCUT2D eigenvalue weighted by atomic mass is 10.2. The van der Waals surface area contributed by atoms with Crippen LogP contribution in [-0.2, 0) is 4.79 Å². The molecule has 1 heterocycles. The zero-order valence-electron chi connectivity index (χ0n) is 10.1. The van der Waals surface area contributed by atoms with Gasteiger partial charge in [0.25, 0.3) is 0 Å². The fraction of sp³-hybridized carbons (Fsp3) is 0. The second kappa shape index (κ2) is 6.43. The Morgan fingerprint density at radius 3 is 2.55 bits per heavy atom. The topological polar surface area (TPSA) is 104 Å². The molecule has 2 amide bonds. The van der Waals surface area contributed by atoms with Gasteiger partial charge in [-0.25, -0.2) is 9.59 Å². The maximum absolute atomic E-state index is 11.6. The summed E-state index contributed by atoms with van der Waals surface area (Å²) in [6.45, 7) is 0. The van der Waals surface area contributed by atoms with Gasteiger partial charge in [0.1, 0.15) is 5.51 Å². The van der Waals surface area contributed by atoms with Gasteiger partial charge in [0.2, 0.25) is 5.13 Å². The number of benzene rings is 1. The lowest BCUT2D eigenvalue weighted by Crippen LogP contribution is -2.19. The Kier molecular flexibility index (Phi) is 4.40. The number of anilines is 2. The van der Waals surface area contributed by atoms with Gasteiger partial charge < -0.3 is 10.4 Å². The molecule has 0 atom stereocenters. The van der Waals surface area contributed by atoms with Gasteiger partial charge >= 0.3 is 12.0 Å². The van der Waals surface area contributed by atoms with Gasteiger partial charge in [-0.05, 0) is 23.8 Å². The zero-order chi connectivity index (χ0) is 14.4. The van der Waals surface area contributed by atoms with Crippen LogP contribution in [0, 0.1) is 0 Å².